The number of nitrogens with one attached hydrogen (secondary N) is 1. The fourth-order valence-electron chi connectivity index (χ4n) is 4.96. The number of rotatable bonds is 3. The Morgan fingerprint density at radius 1 is 1.21 bits per heavy atom. The minimum atomic E-state index is 0.0967. The van der Waals surface area contributed by atoms with Gasteiger partial charge in [0, 0.05) is 37.2 Å². The fourth-order valence-corrected chi connectivity index (χ4v) is 4.96. The molecular weight excluding hydrogens is 300 g/mol. The molecule has 2 saturated heterocycles. The van der Waals surface area contributed by atoms with Crippen LogP contribution in [0.15, 0.2) is 24.3 Å². The standard InChI is InChI=1S/C20H28N2O2/c1-2-7-19-17(6-1)18(11-20(24-19)8-4-9-20)21-12-16-13-22-10-3-5-15(22)14-23-16/h1-2,6-7,15-16,18,21H,3-5,8-14H2/t15-,16+,18+/m1/s1. The van der Waals surface area contributed by atoms with E-state index in [0.29, 0.717) is 18.2 Å². The van der Waals surface area contributed by atoms with Gasteiger partial charge in [-0.15, -0.1) is 0 Å². The van der Waals surface area contributed by atoms with E-state index in [1.54, 1.807) is 0 Å². The predicted octanol–water partition coefficient (Wildman–Crippen LogP) is 2.89. The van der Waals surface area contributed by atoms with E-state index in [0.717, 1.165) is 31.9 Å². The minimum Gasteiger partial charge on any atom is -0.487 e. The third kappa shape index (κ3) is 2.65. The Morgan fingerprint density at radius 3 is 3.00 bits per heavy atom. The number of ether oxygens (including phenoxy) is 2. The molecule has 4 heteroatoms. The molecule has 1 aromatic carbocycles. The van der Waals surface area contributed by atoms with Crippen LogP contribution in [0, 0.1) is 0 Å². The van der Waals surface area contributed by atoms with Crippen molar-refractivity contribution < 1.29 is 9.47 Å². The Labute approximate surface area is 144 Å². The number of para-hydroxylation sites is 1. The van der Waals surface area contributed by atoms with Crippen molar-refractivity contribution in [1.82, 2.24) is 10.2 Å². The SMILES string of the molecule is c1ccc2c(c1)OC1(CCC1)C[C@@H]2NC[C@H]1CN2CCC[C@@H]2CO1. The smallest absolute Gasteiger partial charge is 0.124 e. The van der Waals surface area contributed by atoms with Crippen LogP contribution >= 0.6 is 0 Å². The minimum absolute atomic E-state index is 0.0967. The van der Waals surface area contributed by atoms with Gasteiger partial charge in [-0.2, -0.15) is 0 Å². The van der Waals surface area contributed by atoms with Crippen LogP contribution in [0.5, 0.6) is 5.75 Å². The van der Waals surface area contributed by atoms with Crippen LogP contribution in [0.3, 0.4) is 0 Å². The predicted molar refractivity (Wildman–Crippen MR) is 93.3 cm³/mol. The number of nitrogens with zero attached hydrogens (tertiary/aromatic N) is 1. The molecule has 130 valence electrons. The van der Waals surface area contributed by atoms with Crippen molar-refractivity contribution in [1.29, 1.82) is 0 Å². The number of hydrogen-bond donors (Lipinski definition) is 1. The normalized spacial score (nSPS) is 34.2. The monoisotopic (exact) mass is 328 g/mol. The molecule has 1 aliphatic carbocycles. The molecule has 0 radical (unpaired) electrons. The zero-order chi connectivity index (χ0) is 16.0. The van der Waals surface area contributed by atoms with Crippen molar-refractivity contribution in [3.63, 3.8) is 0 Å². The summed E-state index contributed by atoms with van der Waals surface area (Å²) in [6, 6.07) is 9.65. The van der Waals surface area contributed by atoms with Crippen molar-refractivity contribution in [3.8, 4) is 5.75 Å². The van der Waals surface area contributed by atoms with Crippen LogP contribution < -0.4 is 10.1 Å². The lowest BCUT2D eigenvalue weighted by Crippen LogP contribution is -2.52. The molecule has 4 aliphatic rings. The maximum absolute atomic E-state index is 6.35. The zero-order valence-electron chi connectivity index (χ0n) is 14.4. The molecule has 1 spiro atoms. The van der Waals surface area contributed by atoms with E-state index in [1.165, 1.54) is 44.2 Å². The average Bonchev–Trinajstić information content (AvgIpc) is 3.05. The molecule has 0 amide bonds. The van der Waals surface area contributed by atoms with Crippen LogP contribution in [-0.2, 0) is 4.74 Å². The molecule has 1 N–H and O–H groups in total. The summed E-state index contributed by atoms with van der Waals surface area (Å²) >= 11 is 0. The Bertz CT molecular complexity index is 601. The van der Waals surface area contributed by atoms with Crippen molar-refractivity contribution in [3.05, 3.63) is 29.8 Å². The van der Waals surface area contributed by atoms with Gasteiger partial charge in [-0.3, -0.25) is 4.90 Å². The van der Waals surface area contributed by atoms with Crippen molar-refractivity contribution in [2.45, 2.75) is 62.3 Å². The van der Waals surface area contributed by atoms with Gasteiger partial charge in [-0.1, -0.05) is 18.2 Å². The Balaban J connectivity index is 1.26. The third-order valence-electron chi connectivity index (χ3n) is 6.52. The largest absolute Gasteiger partial charge is 0.487 e. The number of morpholine rings is 1. The molecule has 3 fully saturated rings. The van der Waals surface area contributed by atoms with Crippen LogP contribution in [0.4, 0.5) is 0 Å². The summed E-state index contributed by atoms with van der Waals surface area (Å²) in [6.45, 7) is 4.21. The average molecular weight is 328 g/mol. The molecule has 3 heterocycles. The van der Waals surface area contributed by atoms with Crippen LogP contribution in [-0.4, -0.2) is 48.9 Å². The number of fused-ring (bicyclic) bond motifs is 2. The summed E-state index contributed by atoms with van der Waals surface area (Å²) in [6.07, 6.45) is 7.79. The second kappa shape index (κ2) is 6.01. The molecule has 5 rings (SSSR count). The van der Waals surface area contributed by atoms with Gasteiger partial charge in [0.2, 0.25) is 0 Å². The second-order valence-electron chi connectivity index (χ2n) is 8.09. The summed E-state index contributed by atoms with van der Waals surface area (Å²) in [4.78, 5) is 2.63. The number of benzene rings is 1. The topological polar surface area (TPSA) is 33.7 Å². The summed E-state index contributed by atoms with van der Waals surface area (Å²) in [7, 11) is 0. The second-order valence-corrected chi connectivity index (χ2v) is 8.09. The first-order chi connectivity index (χ1) is 11.8. The van der Waals surface area contributed by atoms with Crippen molar-refractivity contribution in [2.24, 2.45) is 0 Å². The summed E-state index contributed by atoms with van der Waals surface area (Å²) < 4.78 is 12.5. The van der Waals surface area contributed by atoms with E-state index < -0.39 is 0 Å². The Hall–Kier alpha value is -1.10. The molecule has 24 heavy (non-hydrogen) atoms. The molecule has 1 aromatic rings. The number of hydrogen-bond acceptors (Lipinski definition) is 4. The van der Waals surface area contributed by atoms with E-state index >= 15 is 0 Å². The first kappa shape index (κ1) is 15.2. The van der Waals surface area contributed by atoms with Crippen LogP contribution in [0.25, 0.3) is 0 Å². The van der Waals surface area contributed by atoms with Gasteiger partial charge < -0.3 is 14.8 Å². The molecule has 3 atom stereocenters. The summed E-state index contributed by atoms with van der Waals surface area (Å²) in [5.74, 6) is 1.09. The molecule has 0 unspecified atom stereocenters. The lowest BCUT2D eigenvalue weighted by atomic mass is 9.73. The first-order valence-electron chi connectivity index (χ1n) is 9.68. The maximum Gasteiger partial charge on any atom is 0.124 e. The highest BCUT2D eigenvalue weighted by Gasteiger charge is 2.45. The quantitative estimate of drug-likeness (QED) is 0.925. The van der Waals surface area contributed by atoms with Gasteiger partial charge in [-0.25, -0.2) is 0 Å². The van der Waals surface area contributed by atoms with Crippen LogP contribution in [0.2, 0.25) is 0 Å². The molecule has 3 aliphatic heterocycles. The van der Waals surface area contributed by atoms with Gasteiger partial charge in [-0.05, 0) is 44.7 Å². The summed E-state index contributed by atoms with van der Waals surface area (Å²) in [5, 5.41) is 3.82. The van der Waals surface area contributed by atoms with E-state index in [1.807, 2.05) is 0 Å². The lowest BCUT2D eigenvalue weighted by molar-refractivity contribution is -0.0561. The Kier molecular flexibility index (Phi) is 3.80. The molecule has 1 saturated carbocycles. The van der Waals surface area contributed by atoms with Crippen molar-refractivity contribution in [2.75, 3.05) is 26.2 Å². The molecule has 4 nitrogen and oxygen atoms in total. The van der Waals surface area contributed by atoms with Gasteiger partial charge in [0.25, 0.3) is 0 Å². The van der Waals surface area contributed by atoms with E-state index in [-0.39, 0.29) is 5.60 Å². The summed E-state index contributed by atoms with van der Waals surface area (Å²) in [5.41, 5.74) is 1.42. The lowest BCUT2D eigenvalue weighted by Gasteiger charge is -2.48. The fraction of sp³-hybridized carbons (Fsp3) is 0.700. The molecular formula is C20H28N2O2. The van der Waals surface area contributed by atoms with Crippen LogP contribution in [0.1, 0.15) is 50.1 Å². The third-order valence-corrected chi connectivity index (χ3v) is 6.52. The highest BCUT2D eigenvalue weighted by atomic mass is 16.5. The maximum atomic E-state index is 6.35. The molecule has 0 bridgehead atoms. The van der Waals surface area contributed by atoms with Crippen molar-refractivity contribution >= 4 is 0 Å². The van der Waals surface area contributed by atoms with Gasteiger partial charge >= 0.3 is 0 Å². The van der Waals surface area contributed by atoms with E-state index in [2.05, 4.69) is 34.5 Å². The van der Waals surface area contributed by atoms with E-state index in [4.69, 9.17) is 9.47 Å². The van der Waals surface area contributed by atoms with Gasteiger partial charge in [0.05, 0.1) is 12.7 Å². The van der Waals surface area contributed by atoms with E-state index in [9.17, 15) is 0 Å². The highest BCUT2D eigenvalue weighted by molar-refractivity contribution is 5.39. The van der Waals surface area contributed by atoms with Gasteiger partial charge in [0.15, 0.2) is 0 Å². The first-order valence-corrected chi connectivity index (χ1v) is 9.68. The highest BCUT2D eigenvalue weighted by Crippen LogP contribution is 2.48. The van der Waals surface area contributed by atoms with Gasteiger partial charge in [0.1, 0.15) is 11.4 Å². The molecule has 0 aromatic heterocycles. The Morgan fingerprint density at radius 2 is 2.12 bits per heavy atom. The zero-order valence-corrected chi connectivity index (χ0v) is 14.4.